The first-order valence-electron chi connectivity index (χ1n) is 5.64. The molecule has 0 fully saturated rings. The average molecular weight is 318 g/mol. The lowest BCUT2D eigenvalue weighted by atomic mass is 10.1. The molecule has 0 aliphatic carbocycles. The predicted octanol–water partition coefficient (Wildman–Crippen LogP) is 2.46. The Bertz CT molecular complexity index is 431. The number of hydrogen-bond acceptors (Lipinski definition) is 3. The smallest absolute Gasteiger partial charge is 0.321 e. The minimum absolute atomic E-state index is 0.0138. The lowest BCUT2D eigenvalue weighted by Gasteiger charge is -2.17. The highest BCUT2D eigenvalue weighted by Crippen LogP contribution is 2.11. The third kappa shape index (κ3) is 4.14. The Morgan fingerprint density at radius 2 is 2.22 bits per heavy atom. The van der Waals surface area contributed by atoms with E-state index in [1.54, 1.807) is 0 Å². The van der Waals surface area contributed by atoms with Crippen LogP contribution in [-0.2, 0) is 0 Å². The molecule has 1 atom stereocenters. The van der Waals surface area contributed by atoms with Crippen molar-refractivity contribution in [1.82, 2.24) is 10.3 Å². The average Bonchev–Trinajstić information content (AvgIpc) is 2.76. The van der Waals surface area contributed by atoms with E-state index in [9.17, 15) is 14.9 Å². The van der Waals surface area contributed by atoms with Crippen LogP contribution in [0.15, 0.2) is 12.1 Å². The van der Waals surface area contributed by atoms with Gasteiger partial charge in [-0.05, 0) is 23.3 Å². The van der Waals surface area contributed by atoms with Crippen molar-refractivity contribution in [3.8, 4) is 0 Å². The predicted molar refractivity (Wildman–Crippen MR) is 72.0 cm³/mol. The van der Waals surface area contributed by atoms with Crippen molar-refractivity contribution < 1.29 is 9.72 Å². The van der Waals surface area contributed by atoms with Crippen LogP contribution in [-0.4, -0.2) is 27.2 Å². The summed E-state index contributed by atoms with van der Waals surface area (Å²) in [6, 6.07) is 2.70. The van der Waals surface area contributed by atoms with Crippen molar-refractivity contribution in [3.63, 3.8) is 0 Å². The Morgan fingerprint density at radius 3 is 2.67 bits per heavy atom. The van der Waals surface area contributed by atoms with Gasteiger partial charge in [0.05, 0.1) is 0 Å². The van der Waals surface area contributed by atoms with Gasteiger partial charge in [-0.1, -0.05) is 29.8 Å². The summed E-state index contributed by atoms with van der Waals surface area (Å²) in [5.41, 5.74) is 0.205. The normalized spacial score (nSPS) is 12.4. The van der Waals surface area contributed by atoms with Crippen LogP contribution >= 0.6 is 15.9 Å². The molecule has 1 unspecified atom stereocenters. The summed E-state index contributed by atoms with van der Waals surface area (Å²) in [4.78, 5) is 24.2. The number of hydrogen-bond donors (Lipinski definition) is 2. The summed E-state index contributed by atoms with van der Waals surface area (Å²) < 4.78 is 0. The molecule has 0 bridgehead atoms. The molecule has 1 amide bonds. The fourth-order valence-electron chi connectivity index (χ4n) is 1.62. The fourth-order valence-corrected chi connectivity index (χ4v) is 2.04. The minimum Gasteiger partial charge on any atom is -0.358 e. The van der Waals surface area contributed by atoms with Gasteiger partial charge in [0.1, 0.15) is 0 Å². The number of aromatic amines is 1. The van der Waals surface area contributed by atoms with E-state index in [0.717, 1.165) is 6.42 Å². The molecule has 0 saturated heterocycles. The van der Waals surface area contributed by atoms with Gasteiger partial charge in [-0.15, -0.1) is 0 Å². The van der Waals surface area contributed by atoms with E-state index in [0.29, 0.717) is 11.2 Å². The molecule has 1 aromatic heterocycles. The van der Waals surface area contributed by atoms with Gasteiger partial charge in [0.25, 0.3) is 5.91 Å². The zero-order valence-electron chi connectivity index (χ0n) is 10.3. The number of H-pyrrole nitrogens is 1. The first-order valence-corrected chi connectivity index (χ1v) is 6.76. The molecule has 7 heteroatoms. The van der Waals surface area contributed by atoms with Crippen LogP contribution in [0.1, 0.15) is 30.8 Å². The number of carbonyl (C=O) groups excluding carboxylic acids is 1. The minimum atomic E-state index is -0.563. The van der Waals surface area contributed by atoms with E-state index in [1.165, 1.54) is 12.1 Å². The quantitative estimate of drug-likeness (QED) is 0.480. The zero-order valence-corrected chi connectivity index (χ0v) is 11.9. The number of rotatable bonds is 6. The summed E-state index contributed by atoms with van der Waals surface area (Å²) in [5.74, 6) is -0.0431. The Kier molecular flexibility index (Phi) is 5.33. The number of alkyl halides is 1. The van der Waals surface area contributed by atoms with Gasteiger partial charge in [-0.3, -0.25) is 4.79 Å². The second-order valence-electron chi connectivity index (χ2n) is 4.47. The zero-order chi connectivity index (χ0) is 13.7. The summed E-state index contributed by atoms with van der Waals surface area (Å²) in [7, 11) is 0. The molecule has 0 aliphatic heterocycles. The number of nitro groups is 1. The van der Waals surface area contributed by atoms with Gasteiger partial charge in [0.2, 0.25) is 0 Å². The van der Waals surface area contributed by atoms with Crippen LogP contribution in [0.25, 0.3) is 0 Å². The van der Waals surface area contributed by atoms with Crippen LogP contribution in [0, 0.1) is 16.0 Å². The molecule has 6 nitrogen and oxygen atoms in total. The largest absolute Gasteiger partial charge is 0.358 e. The van der Waals surface area contributed by atoms with Gasteiger partial charge in [0, 0.05) is 17.4 Å². The third-order valence-corrected chi connectivity index (χ3v) is 3.17. The molecule has 1 rings (SSSR count). The van der Waals surface area contributed by atoms with Gasteiger partial charge in [-0.2, -0.15) is 0 Å². The molecule has 0 radical (unpaired) electrons. The van der Waals surface area contributed by atoms with Crippen LogP contribution in [0.5, 0.6) is 0 Å². The molecule has 0 aliphatic rings. The monoisotopic (exact) mass is 317 g/mol. The van der Waals surface area contributed by atoms with Gasteiger partial charge in [0.15, 0.2) is 5.69 Å². The topological polar surface area (TPSA) is 88.0 Å². The molecular formula is C11H16BrN3O3. The Balaban J connectivity index is 2.65. The number of halogens is 1. The summed E-state index contributed by atoms with van der Waals surface area (Å²) in [6.45, 7) is 4.14. The maximum absolute atomic E-state index is 11.8. The molecule has 1 heterocycles. The number of aromatic nitrogens is 1. The number of amides is 1. The Morgan fingerprint density at radius 1 is 1.56 bits per heavy atom. The van der Waals surface area contributed by atoms with Gasteiger partial charge in [-0.25, -0.2) is 4.98 Å². The summed E-state index contributed by atoms with van der Waals surface area (Å²) >= 11 is 3.34. The van der Waals surface area contributed by atoms with E-state index in [1.807, 2.05) is 0 Å². The van der Waals surface area contributed by atoms with Crippen molar-refractivity contribution in [2.75, 3.05) is 5.33 Å². The molecule has 0 spiro atoms. The number of carbonyl (C=O) groups is 1. The Labute approximate surface area is 113 Å². The number of nitrogens with zero attached hydrogens (tertiary/aromatic N) is 1. The van der Waals surface area contributed by atoms with E-state index in [2.05, 4.69) is 40.1 Å². The molecule has 0 aromatic carbocycles. The lowest BCUT2D eigenvalue weighted by Crippen LogP contribution is -2.37. The van der Waals surface area contributed by atoms with Crippen LogP contribution in [0.2, 0.25) is 0 Å². The molecule has 0 saturated carbocycles. The van der Waals surface area contributed by atoms with E-state index in [4.69, 9.17) is 0 Å². The fraction of sp³-hybridized carbons (Fsp3) is 0.545. The lowest BCUT2D eigenvalue weighted by molar-refractivity contribution is -0.389. The Hall–Kier alpha value is -1.37. The summed E-state index contributed by atoms with van der Waals surface area (Å²) in [5, 5.41) is 14.0. The van der Waals surface area contributed by atoms with Gasteiger partial charge < -0.3 is 15.4 Å². The van der Waals surface area contributed by atoms with E-state index in [-0.39, 0.29) is 23.5 Å². The van der Waals surface area contributed by atoms with Crippen molar-refractivity contribution in [3.05, 3.63) is 27.9 Å². The van der Waals surface area contributed by atoms with Crippen molar-refractivity contribution in [2.24, 2.45) is 5.92 Å². The van der Waals surface area contributed by atoms with Crippen molar-refractivity contribution in [1.29, 1.82) is 0 Å². The van der Waals surface area contributed by atoms with Crippen LogP contribution in [0.3, 0.4) is 0 Å². The van der Waals surface area contributed by atoms with E-state index < -0.39 is 4.92 Å². The van der Waals surface area contributed by atoms with Crippen LogP contribution in [0.4, 0.5) is 5.82 Å². The second kappa shape index (κ2) is 6.53. The summed E-state index contributed by atoms with van der Waals surface area (Å²) in [6.07, 6.45) is 0.847. The maximum atomic E-state index is 11.8. The maximum Gasteiger partial charge on any atom is 0.321 e. The van der Waals surface area contributed by atoms with E-state index >= 15 is 0 Å². The first-order chi connectivity index (χ1) is 8.43. The second-order valence-corrected chi connectivity index (χ2v) is 5.12. The highest BCUT2D eigenvalue weighted by molar-refractivity contribution is 9.09. The standard InChI is InChI=1S/C11H16BrN3O3/c1-7(2)5-8(6-12)13-11(16)9-3-4-10(14-9)15(17)18/h3-4,7-8,14H,5-6H2,1-2H3,(H,13,16). The molecule has 100 valence electrons. The molecule has 2 N–H and O–H groups in total. The molecule has 1 aromatic rings. The number of nitrogens with one attached hydrogen (secondary N) is 2. The van der Waals surface area contributed by atoms with Crippen molar-refractivity contribution in [2.45, 2.75) is 26.3 Å². The highest BCUT2D eigenvalue weighted by Gasteiger charge is 2.19. The molecular weight excluding hydrogens is 302 g/mol. The van der Waals surface area contributed by atoms with Crippen molar-refractivity contribution >= 4 is 27.7 Å². The highest BCUT2D eigenvalue weighted by atomic mass is 79.9. The van der Waals surface area contributed by atoms with Gasteiger partial charge >= 0.3 is 5.82 Å². The SMILES string of the molecule is CC(C)CC(CBr)NC(=O)c1ccc([N+](=O)[O-])[nH]1. The third-order valence-electron chi connectivity index (χ3n) is 2.39. The molecule has 18 heavy (non-hydrogen) atoms. The van der Waals surface area contributed by atoms with Crippen LogP contribution < -0.4 is 5.32 Å². The first kappa shape index (κ1) is 14.7.